The van der Waals surface area contributed by atoms with Gasteiger partial charge in [0.1, 0.15) is 0 Å². The van der Waals surface area contributed by atoms with Gasteiger partial charge in [-0.1, -0.05) is 36.4 Å². The first-order valence-corrected chi connectivity index (χ1v) is 4.40. The predicted octanol–water partition coefficient (Wildman–Crippen LogP) is 3.32. The van der Waals surface area contributed by atoms with Gasteiger partial charge in [-0.25, -0.2) is 0 Å². The molecule has 0 amide bonds. The van der Waals surface area contributed by atoms with Crippen molar-refractivity contribution in [2.45, 2.75) is 0 Å². The number of nitrogens with one attached hydrogen (secondary N) is 1. The van der Waals surface area contributed by atoms with Crippen LogP contribution in [0.1, 0.15) is 0 Å². The molecule has 0 bridgehead atoms. The smallest absolute Gasteiger partial charge is 0.0464 e. The van der Waals surface area contributed by atoms with Gasteiger partial charge in [0.05, 0.1) is 0 Å². The van der Waals surface area contributed by atoms with Crippen LogP contribution in [0.25, 0.3) is 21.8 Å². The molecule has 0 aliphatic heterocycles. The number of aromatic nitrogens is 1. The van der Waals surface area contributed by atoms with E-state index >= 15 is 0 Å². The second kappa shape index (κ2) is 3.62. The van der Waals surface area contributed by atoms with Crippen molar-refractivity contribution in [2.24, 2.45) is 0 Å². The van der Waals surface area contributed by atoms with Crippen molar-refractivity contribution in [2.75, 3.05) is 0 Å². The summed E-state index contributed by atoms with van der Waals surface area (Å²) in [6.07, 6.45) is 0. The monoisotopic (exact) mass is 364 g/mol. The van der Waals surface area contributed by atoms with Crippen LogP contribution in [0, 0.1) is 0 Å². The summed E-state index contributed by atoms with van der Waals surface area (Å²) in [6, 6.07) is 16.8. The molecule has 0 atom stereocenters. The van der Waals surface area contributed by atoms with Crippen LogP contribution < -0.4 is 0 Å². The molecule has 1 radical (unpaired) electrons. The number of hydrogen-bond acceptors (Lipinski definition) is 0. The first kappa shape index (κ1) is 9.53. The zero-order valence-corrected chi connectivity index (χ0v) is 9.59. The third-order valence-corrected chi connectivity index (χ3v) is 2.41. The molecule has 14 heavy (non-hydrogen) atoms. The fourth-order valence-electron chi connectivity index (χ4n) is 1.80. The third kappa shape index (κ3) is 1.30. The molecule has 0 spiro atoms. The van der Waals surface area contributed by atoms with Crippen molar-refractivity contribution in [3.8, 4) is 0 Å². The molecule has 3 rings (SSSR count). The fraction of sp³-hybridized carbons (Fsp3) is 0. The van der Waals surface area contributed by atoms with Crippen LogP contribution in [-0.4, -0.2) is 4.98 Å². The Bertz CT molecular complexity index is 518. The molecule has 1 nitrogen and oxygen atoms in total. The van der Waals surface area contributed by atoms with Crippen LogP contribution >= 0.6 is 0 Å². The number of aromatic amines is 1. The molecule has 1 heterocycles. The molecule has 2 heteroatoms. The Morgan fingerprint density at radius 3 is 1.57 bits per heavy atom. The maximum absolute atomic E-state index is 3.38. The van der Waals surface area contributed by atoms with Gasteiger partial charge < -0.3 is 4.98 Å². The van der Waals surface area contributed by atoms with Crippen LogP contribution in [0.2, 0.25) is 0 Å². The summed E-state index contributed by atoms with van der Waals surface area (Å²) in [5.41, 5.74) is 2.42. The molecule has 2 aromatic carbocycles. The predicted molar refractivity (Wildman–Crippen MR) is 55.8 cm³/mol. The summed E-state index contributed by atoms with van der Waals surface area (Å²) in [4.78, 5) is 3.38. The van der Waals surface area contributed by atoms with E-state index in [2.05, 4.69) is 53.5 Å². The van der Waals surface area contributed by atoms with Gasteiger partial charge >= 0.3 is 0 Å². The van der Waals surface area contributed by atoms with E-state index in [1.165, 1.54) is 21.8 Å². The normalized spacial score (nSPS) is 10.3. The van der Waals surface area contributed by atoms with Crippen LogP contribution in [0.5, 0.6) is 0 Å². The van der Waals surface area contributed by atoms with Gasteiger partial charge in [0.15, 0.2) is 0 Å². The number of fused-ring (bicyclic) bond motifs is 3. The number of rotatable bonds is 0. The molecule has 0 fully saturated rings. The van der Waals surface area contributed by atoms with Crippen LogP contribution in [0.15, 0.2) is 48.5 Å². The molecular formula is C12H9AuN. The molecule has 1 aromatic heterocycles. The van der Waals surface area contributed by atoms with Gasteiger partial charge in [-0.05, 0) is 12.1 Å². The van der Waals surface area contributed by atoms with Gasteiger partial charge in [-0.3, -0.25) is 0 Å². The molecule has 73 valence electrons. The van der Waals surface area contributed by atoms with Crippen molar-refractivity contribution in [3.05, 3.63) is 48.5 Å². The largest absolute Gasteiger partial charge is 0.355 e. The summed E-state index contributed by atoms with van der Waals surface area (Å²) in [5, 5.41) is 2.61. The van der Waals surface area contributed by atoms with Crippen LogP contribution in [0.3, 0.4) is 0 Å². The Hall–Kier alpha value is -1.02. The summed E-state index contributed by atoms with van der Waals surface area (Å²) in [6.45, 7) is 0. The summed E-state index contributed by atoms with van der Waals surface area (Å²) >= 11 is 0. The molecule has 0 aliphatic carbocycles. The summed E-state index contributed by atoms with van der Waals surface area (Å²) in [7, 11) is 0. The minimum atomic E-state index is 0. The first-order valence-electron chi connectivity index (χ1n) is 4.40. The van der Waals surface area contributed by atoms with Crippen molar-refractivity contribution >= 4 is 21.8 Å². The van der Waals surface area contributed by atoms with Gasteiger partial charge in [0.2, 0.25) is 0 Å². The third-order valence-electron chi connectivity index (χ3n) is 2.41. The fourth-order valence-corrected chi connectivity index (χ4v) is 1.80. The molecule has 0 aliphatic rings. The number of para-hydroxylation sites is 2. The van der Waals surface area contributed by atoms with E-state index in [0.717, 1.165) is 0 Å². The number of H-pyrrole nitrogens is 1. The number of hydrogen-bond donors (Lipinski definition) is 1. The van der Waals surface area contributed by atoms with Gasteiger partial charge in [0, 0.05) is 44.2 Å². The summed E-state index contributed by atoms with van der Waals surface area (Å²) in [5.74, 6) is 0. The molecule has 3 aromatic rings. The van der Waals surface area contributed by atoms with E-state index < -0.39 is 0 Å². The Balaban J connectivity index is 0.000000750. The second-order valence-electron chi connectivity index (χ2n) is 3.22. The van der Waals surface area contributed by atoms with Crippen LogP contribution in [0.4, 0.5) is 0 Å². The SMILES string of the molecule is [Au].c1ccc2c(c1)[nH]c1ccccc12. The second-order valence-corrected chi connectivity index (χ2v) is 3.22. The van der Waals surface area contributed by atoms with Gasteiger partial charge in [-0.2, -0.15) is 0 Å². The van der Waals surface area contributed by atoms with Crippen molar-refractivity contribution in [1.82, 2.24) is 4.98 Å². The van der Waals surface area contributed by atoms with Gasteiger partial charge in [0.25, 0.3) is 0 Å². The molecular weight excluding hydrogens is 355 g/mol. The van der Waals surface area contributed by atoms with E-state index in [4.69, 9.17) is 0 Å². The average molecular weight is 364 g/mol. The van der Waals surface area contributed by atoms with E-state index in [1.54, 1.807) is 0 Å². The average Bonchev–Trinajstić information content (AvgIpc) is 2.56. The minimum Gasteiger partial charge on any atom is -0.355 e. The quantitative estimate of drug-likeness (QED) is 0.589. The zero-order valence-electron chi connectivity index (χ0n) is 7.42. The van der Waals surface area contributed by atoms with Crippen molar-refractivity contribution < 1.29 is 22.4 Å². The van der Waals surface area contributed by atoms with E-state index in [-0.39, 0.29) is 22.4 Å². The van der Waals surface area contributed by atoms with Crippen LogP contribution in [-0.2, 0) is 22.4 Å². The topological polar surface area (TPSA) is 15.8 Å². The molecule has 0 saturated carbocycles. The minimum absolute atomic E-state index is 0. The Morgan fingerprint density at radius 2 is 1.07 bits per heavy atom. The van der Waals surface area contributed by atoms with Crippen molar-refractivity contribution in [1.29, 1.82) is 0 Å². The standard InChI is InChI=1S/C12H9N.Au/c1-3-7-11-9(5-1)10-6-2-4-8-12(10)13-11;/h1-8,13H;. The van der Waals surface area contributed by atoms with Gasteiger partial charge in [-0.15, -0.1) is 0 Å². The molecule has 0 unspecified atom stereocenters. The number of benzene rings is 2. The Labute approximate surface area is 97.6 Å². The summed E-state index contributed by atoms with van der Waals surface area (Å²) < 4.78 is 0. The van der Waals surface area contributed by atoms with E-state index in [0.29, 0.717) is 0 Å². The molecule has 0 saturated heterocycles. The van der Waals surface area contributed by atoms with E-state index in [9.17, 15) is 0 Å². The van der Waals surface area contributed by atoms with Crippen molar-refractivity contribution in [3.63, 3.8) is 0 Å². The zero-order chi connectivity index (χ0) is 8.67. The molecule has 1 N–H and O–H groups in total. The Kier molecular flexibility index (Phi) is 2.46. The maximum Gasteiger partial charge on any atom is 0.0464 e. The maximum atomic E-state index is 3.38. The Morgan fingerprint density at radius 1 is 0.643 bits per heavy atom. The van der Waals surface area contributed by atoms with E-state index in [1.807, 2.05) is 0 Å². The first-order chi connectivity index (χ1) is 6.45.